The Morgan fingerprint density at radius 3 is 3.14 bits per heavy atom. The van der Waals surface area contributed by atoms with Crippen LogP contribution in [-0.2, 0) is 6.54 Å². The Hall–Kier alpha value is -1.72. The van der Waals surface area contributed by atoms with Gasteiger partial charge in [0.1, 0.15) is 0 Å². The lowest BCUT2D eigenvalue weighted by atomic mass is 10.1. The highest BCUT2D eigenvalue weighted by molar-refractivity contribution is 5.61. The van der Waals surface area contributed by atoms with Crippen LogP contribution in [0.2, 0.25) is 0 Å². The van der Waals surface area contributed by atoms with Crippen LogP contribution in [0.15, 0.2) is 30.7 Å². The fourth-order valence-corrected chi connectivity index (χ4v) is 2.98. The van der Waals surface area contributed by atoms with Gasteiger partial charge in [0, 0.05) is 36.6 Å². The van der Waals surface area contributed by atoms with Crippen molar-refractivity contribution in [3.8, 4) is 11.3 Å². The van der Waals surface area contributed by atoms with Crippen molar-refractivity contribution >= 4 is 0 Å². The molecule has 0 saturated carbocycles. The van der Waals surface area contributed by atoms with E-state index in [4.69, 9.17) is 0 Å². The van der Waals surface area contributed by atoms with E-state index in [9.17, 15) is 0 Å². The number of likely N-dealkylation sites (tertiary alicyclic amines) is 1. The normalized spacial score (nSPS) is 19.2. The third-order valence-electron chi connectivity index (χ3n) is 4.23. The Labute approximate surface area is 125 Å². The largest absolute Gasteiger partial charge is 0.312 e. The van der Waals surface area contributed by atoms with Crippen molar-refractivity contribution in [3.63, 3.8) is 0 Å². The molecule has 0 bridgehead atoms. The molecule has 0 spiro atoms. The van der Waals surface area contributed by atoms with Crippen LogP contribution in [0.1, 0.15) is 18.9 Å². The molecule has 0 aliphatic carbocycles. The first-order valence-electron chi connectivity index (χ1n) is 7.72. The minimum Gasteiger partial charge on any atom is -0.312 e. The highest BCUT2D eigenvalue weighted by Crippen LogP contribution is 2.20. The Kier molecular flexibility index (Phi) is 4.62. The second-order valence-corrected chi connectivity index (χ2v) is 5.69. The minimum atomic E-state index is 0.777. The zero-order valence-corrected chi connectivity index (χ0v) is 12.5. The highest BCUT2D eigenvalue weighted by atomic mass is 15.1. The van der Waals surface area contributed by atoms with Crippen LogP contribution in [0.3, 0.4) is 0 Å². The average Bonchev–Trinajstić information content (AvgIpc) is 3.17. The molecule has 21 heavy (non-hydrogen) atoms. The second-order valence-electron chi connectivity index (χ2n) is 5.69. The predicted octanol–water partition coefficient (Wildman–Crippen LogP) is 1.90. The van der Waals surface area contributed by atoms with Gasteiger partial charge in [0.15, 0.2) is 0 Å². The van der Waals surface area contributed by atoms with E-state index in [1.54, 1.807) is 6.20 Å². The molecule has 1 aliphatic rings. The lowest BCUT2D eigenvalue weighted by Crippen LogP contribution is -2.26. The number of aromatic amines is 1. The molecule has 112 valence electrons. The van der Waals surface area contributed by atoms with Crippen molar-refractivity contribution in [2.45, 2.75) is 19.9 Å². The Morgan fingerprint density at radius 2 is 2.38 bits per heavy atom. The number of nitrogens with one attached hydrogen (secondary N) is 2. The maximum atomic E-state index is 4.17. The molecule has 0 radical (unpaired) electrons. The van der Waals surface area contributed by atoms with Crippen molar-refractivity contribution in [1.29, 1.82) is 0 Å². The Morgan fingerprint density at radius 1 is 1.43 bits per heavy atom. The summed E-state index contributed by atoms with van der Waals surface area (Å²) in [6, 6.07) is 4.01. The van der Waals surface area contributed by atoms with E-state index in [0.717, 1.165) is 30.3 Å². The molecule has 0 aromatic carbocycles. The molecule has 2 aromatic rings. The summed E-state index contributed by atoms with van der Waals surface area (Å²) >= 11 is 0. The first-order valence-corrected chi connectivity index (χ1v) is 7.72. The standard InChI is InChI=1S/C16H23N5/c1-2-21-7-5-13(12-21)8-18-10-15-11-19-20-16(15)14-4-3-6-17-9-14/h3-4,6,9,11,13,18H,2,5,7-8,10,12H2,1H3,(H,19,20)/t13-/m1/s1. The topological polar surface area (TPSA) is 56.8 Å². The SMILES string of the molecule is CCN1CC[C@H](CNCc2cn[nH]c2-c2cccnc2)C1. The number of aromatic nitrogens is 3. The third kappa shape index (κ3) is 3.49. The summed E-state index contributed by atoms with van der Waals surface area (Å²) in [5.41, 5.74) is 3.36. The van der Waals surface area contributed by atoms with E-state index in [1.807, 2.05) is 18.5 Å². The van der Waals surface area contributed by atoms with Gasteiger partial charge in [-0.3, -0.25) is 10.1 Å². The molecule has 0 unspecified atom stereocenters. The molecular weight excluding hydrogens is 262 g/mol. The molecule has 3 rings (SSSR count). The summed E-state index contributed by atoms with van der Waals surface area (Å²) < 4.78 is 0. The first-order chi connectivity index (χ1) is 10.4. The number of nitrogens with zero attached hydrogens (tertiary/aromatic N) is 3. The smallest absolute Gasteiger partial charge is 0.0710 e. The summed E-state index contributed by atoms with van der Waals surface area (Å²) in [5, 5.41) is 10.8. The zero-order chi connectivity index (χ0) is 14.5. The van der Waals surface area contributed by atoms with E-state index in [2.05, 4.69) is 38.4 Å². The number of H-pyrrole nitrogens is 1. The molecule has 1 atom stereocenters. The van der Waals surface area contributed by atoms with Gasteiger partial charge in [0.2, 0.25) is 0 Å². The van der Waals surface area contributed by atoms with Crippen molar-refractivity contribution in [1.82, 2.24) is 25.4 Å². The van der Waals surface area contributed by atoms with Gasteiger partial charge in [0.05, 0.1) is 11.9 Å². The summed E-state index contributed by atoms with van der Waals surface area (Å²) in [6.45, 7) is 7.81. The predicted molar refractivity (Wildman–Crippen MR) is 83.7 cm³/mol. The monoisotopic (exact) mass is 285 g/mol. The van der Waals surface area contributed by atoms with Gasteiger partial charge in [-0.15, -0.1) is 0 Å². The highest BCUT2D eigenvalue weighted by Gasteiger charge is 2.20. The molecule has 1 saturated heterocycles. The van der Waals surface area contributed by atoms with Gasteiger partial charge in [-0.1, -0.05) is 6.92 Å². The molecule has 1 aliphatic heterocycles. The maximum Gasteiger partial charge on any atom is 0.0710 e. The van der Waals surface area contributed by atoms with Crippen LogP contribution in [0.4, 0.5) is 0 Å². The molecule has 3 heterocycles. The fourth-order valence-electron chi connectivity index (χ4n) is 2.98. The summed E-state index contributed by atoms with van der Waals surface area (Å²) in [6.07, 6.45) is 6.87. The van der Waals surface area contributed by atoms with Gasteiger partial charge in [-0.05, 0) is 44.1 Å². The van der Waals surface area contributed by atoms with Gasteiger partial charge in [0.25, 0.3) is 0 Å². The number of pyridine rings is 1. The van der Waals surface area contributed by atoms with Gasteiger partial charge >= 0.3 is 0 Å². The van der Waals surface area contributed by atoms with Crippen molar-refractivity contribution in [2.75, 3.05) is 26.2 Å². The number of hydrogen-bond acceptors (Lipinski definition) is 4. The second kappa shape index (κ2) is 6.83. The summed E-state index contributed by atoms with van der Waals surface area (Å²) in [4.78, 5) is 6.69. The van der Waals surface area contributed by atoms with Crippen LogP contribution in [0, 0.1) is 5.92 Å². The van der Waals surface area contributed by atoms with Gasteiger partial charge in [-0.25, -0.2) is 0 Å². The van der Waals surface area contributed by atoms with Gasteiger partial charge in [-0.2, -0.15) is 5.10 Å². The Bertz CT molecular complexity index is 551. The first kappa shape index (κ1) is 14.2. The number of rotatable bonds is 6. The lowest BCUT2D eigenvalue weighted by Gasteiger charge is -2.13. The molecule has 0 amide bonds. The van der Waals surface area contributed by atoms with Crippen LogP contribution in [0.25, 0.3) is 11.3 Å². The van der Waals surface area contributed by atoms with Crippen LogP contribution in [-0.4, -0.2) is 46.3 Å². The van der Waals surface area contributed by atoms with E-state index < -0.39 is 0 Å². The molecule has 5 nitrogen and oxygen atoms in total. The minimum absolute atomic E-state index is 0.777. The quantitative estimate of drug-likeness (QED) is 0.851. The van der Waals surface area contributed by atoms with Crippen LogP contribution >= 0.6 is 0 Å². The Balaban J connectivity index is 1.54. The summed E-state index contributed by atoms with van der Waals surface area (Å²) in [7, 11) is 0. The van der Waals surface area contributed by atoms with E-state index in [-0.39, 0.29) is 0 Å². The van der Waals surface area contributed by atoms with Crippen molar-refractivity contribution < 1.29 is 0 Å². The molecule has 2 aromatic heterocycles. The molecule has 5 heteroatoms. The maximum absolute atomic E-state index is 4.17. The molecule has 1 fully saturated rings. The van der Waals surface area contributed by atoms with E-state index in [0.29, 0.717) is 0 Å². The van der Waals surface area contributed by atoms with E-state index >= 15 is 0 Å². The zero-order valence-electron chi connectivity index (χ0n) is 12.5. The number of hydrogen-bond donors (Lipinski definition) is 2. The fraction of sp³-hybridized carbons (Fsp3) is 0.500. The third-order valence-corrected chi connectivity index (χ3v) is 4.23. The molecule has 2 N–H and O–H groups in total. The lowest BCUT2D eigenvalue weighted by molar-refractivity contribution is 0.339. The van der Waals surface area contributed by atoms with Crippen LogP contribution in [0.5, 0.6) is 0 Å². The summed E-state index contributed by atoms with van der Waals surface area (Å²) in [5.74, 6) is 0.777. The van der Waals surface area contributed by atoms with Crippen LogP contribution < -0.4 is 5.32 Å². The molecular formula is C16H23N5. The van der Waals surface area contributed by atoms with E-state index in [1.165, 1.54) is 31.6 Å². The van der Waals surface area contributed by atoms with Crippen molar-refractivity contribution in [2.24, 2.45) is 5.92 Å². The average molecular weight is 285 g/mol. The van der Waals surface area contributed by atoms with Crippen molar-refractivity contribution in [3.05, 3.63) is 36.3 Å². The van der Waals surface area contributed by atoms with Gasteiger partial charge < -0.3 is 10.2 Å².